The van der Waals surface area contributed by atoms with Gasteiger partial charge in [0.1, 0.15) is 0 Å². The van der Waals surface area contributed by atoms with Crippen molar-refractivity contribution in [2.24, 2.45) is 0 Å². The van der Waals surface area contributed by atoms with Crippen molar-refractivity contribution in [1.82, 2.24) is 0 Å². The number of benzene rings is 9. The Kier molecular flexibility index (Phi) is 6.85. The number of hydrogen-bond acceptors (Lipinski definition) is 2. The molecule has 1 heterocycles. The van der Waals surface area contributed by atoms with Crippen molar-refractivity contribution < 1.29 is 0 Å². The Morgan fingerprint density at radius 1 is 0.333 bits per heavy atom. The van der Waals surface area contributed by atoms with E-state index in [1.165, 1.54) is 126 Å². The lowest BCUT2D eigenvalue weighted by atomic mass is 9.70. The molecule has 14 rings (SSSR count). The van der Waals surface area contributed by atoms with Crippen molar-refractivity contribution in [1.29, 1.82) is 0 Å². The van der Waals surface area contributed by atoms with Crippen LogP contribution in [0.25, 0.3) is 64.7 Å². The van der Waals surface area contributed by atoms with Crippen molar-refractivity contribution in [3.63, 3.8) is 0 Å². The molecular formula is C61H43NS. The highest BCUT2D eigenvalue weighted by molar-refractivity contribution is 7.25. The van der Waals surface area contributed by atoms with Gasteiger partial charge in [-0.05, 0) is 132 Å². The summed E-state index contributed by atoms with van der Waals surface area (Å²) in [4.78, 5) is 2.60. The fourth-order valence-electron chi connectivity index (χ4n) is 12.7. The maximum absolute atomic E-state index is 2.60. The molecule has 9 aromatic carbocycles. The molecule has 2 heteroatoms. The molecule has 0 saturated carbocycles. The van der Waals surface area contributed by atoms with Crippen LogP contribution in [0.3, 0.4) is 0 Å². The third kappa shape index (κ3) is 4.37. The highest BCUT2D eigenvalue weighted by Gasteiger charge is 2.53. The topological polar surface area (TPSA) is 3.24 Å². The van der Waals surface area contributed by atoms with Gasteiger partial charge in [-0.15, -0.1) is 11.3 Å². The van der Waals surface area contributed by atoms with Crippen LogP contribution >= 0.6 is 11.3 Å². The Morgan fingerprint density at radius 3 is 1.40 bits per heavy atom. The Morgan fingerprint density at radius 2 is 0.810 bits per heavy atom. The van der Waals surface area contributed by atoms with Gasteiger partial charge in [-0.1, -0.05) is 167 Å². The van der Waals surface area contributed by atoms with Crippen LogP contribution in [0.2, 0.25) is 0 Å². The van der Waals surface area contributed by atoms with E-state index in [0.717, 1.165) is 0 Å². The van der Waals surface area contributed by atoms with E-state index < -0.39 is 5.41 Å². The predicted octanol–water partition coefficient (Wildman–Crippen LogP) is 16.5. The zero-order valence-corrected chi connectivity index (χ0v) is 36.6. The minimum atomic E-state index is -0.479. The minimum Gasteiger partial charge on any atom is -0.310 e. The summed E-state index contributed by atoms with van der Waals surface area (Å²) in [7, 11) is 0. The summed E-state index contributed by atoms with van der Waals surface area (Å²) in [5.74, 6) is 0. The van der Waals surface area contributed by atoms with E-state index in [1.54, 1.807) is 0 Å². The number of nitrogens with zero attached hydrogens (tertiary/aromatic N) is 1. The lowest BCUT2D eigenvalue weighted by Gasteiger charge is -2.33. The molecule has 4 aliphatic carbocycles. The Hall–Kier alpha value is -7.00. The molecule has 1 aromatic heterocycles. The smallest absolute Gasteiger partial charge is 0.0726 e. The van der Waals surface area contributed by atoms with Crippen LogP contribution in [0.15, 0.2) is 188 Å². The molecule has 0 radical (unpaired) electrons. The van der Waals surface area contributed by atoms with Crippen LogP contribution in [0.4, 0.5) is 17.1 Å². The molecular weight excluding hydrogens is 779 g/mol. The third-order valence-corrected chi connectivity index (χ3v) is 16.6. The molecule has 1 nitrogen and oxygen atoms in total. The second-order valence-corrected chi connectivity index (χ2v) is 20.3. The van der Waals surface area contributed by atoms with Crippen LogP contribution in [0, 0.1) is 0 Å². The average Bonchev–Trinajstić information content (AvgIpc) is 4.05. The second-order valence-electron chi connectivity index (χ2n) is 19.2. The van der Waals surface area contributed by atoms with Gasteiger partial charge in [0.2, 0.25) is 0 Å². The number of fused-ring (bicyclic) bond motifs is 19. The fraction of sp³-hybridized carbons (Fsp3) is 0.115. The molecule has 63 heavy (non-hydrogen) atoms. The van der Waals surface area contributed by atoms with Gasteiger partial charge in [-0.2, -0.15) is 0 Å². The molecule has 4 aliphatic rings. The summed E-state index contributed by atoms with van der Waals surface area (Å²) in [6.07, 6.45) is 0. The quantitative estimate of drug-likeness (QED) is 0.172. The molecule has 0 amide bonds. The molecule has 0 aliphatic heterocycles. The molecule has 0 bridgehead atoms. The summed E-state index contributed by atoms with van der Waals surface area (Å²) in [5.41, 5.74) is 24.4. The van der Waals surface area contributed by atoms with E-state index >= 15 is 0 Å². The van der Waals surface area contributed by atoms with Crippen molar-refractivity contribution in [2.45, 2.75) is 43.9 Å². The second kappa shape index (κ2) is 12.1. The lowest BCUT2D eigenvalue weighted by Crippen LogP contribution is -2.26. The maximum Gasteiger partial charge on any atom is 0.0726 e. The Balaban J connectivity index is 1.10. The van der Waals surface area contributed by atoms with Crippen LogP contribution < -0.4 is 4.90 Å². The summed E-state index contributed by atoms with van der Waals surface area (Å²) >= 11 is 1.92. The zero-order valence-electron chi connectivity index (χ0n) is 35.8. The highest BCUT2D eigenvalue weighted by atomic mass is 32.1. The van der Waals surface area contributed by atoms with Gasteiger partial charge in [0, 0.05) is 47.9 Å². The van der Waals surface area contributed by atoms with Crippen LogP contribution in [-0.4, -0.2) is 0 Å². The SMILES string of the molecule is CC1(C)c2ccccc2-c2ccc(N(c3ccc4c(c3)C(C)(C)c3ccccc3-4)c3cccc4c3-c3cc5c(cc3C43c4ccccc4-c4ccccc43)sc3ccccc35)cc21. The van der Waals surface area contributed by atoms with Gasteiger partial charge in [0.25, 0.3) is 0 Å². The molecule has 0 N–H and O–H groups in total. The van der Waals surface area contributed by atoms with Gasteiger partial charge < -0.3 is 4.90 Å². The first-order chi connectivity index (χ1) is 30.8. The summed E-state index contributed by atoms with van der Waals surface area (Å²) in [6, 6.07) is 72.1. The van der Waals surface area contributed by atoms with Crippen molar-refractivity contribution >= 4 is 48.6 Å². The van der Waals surface area contributed by atoms with E-state index in [4.69, 9.17) is 0 Å². The van der Waals surface area contributed by atoms with Gasteiger partial charge >= 0.3 is 0 Å². The van der Waals surface area contributed by atoms with Gasteiger partial charge in [0.05, 0.1) is 11.1 Å². The average molecular weight is 822 g/mol. The van der Waals surface area contributed by atoms with E-state index in [1.807, 2.05) is 11.3 Å². The van der Waals surface area contributed by atoms with E-state index in [-0.39, 0.29) is 10.8 Å². The first-order valence-corrected chi connectivity index (χ1v) is 23.2. The number of thiophene rings is 1. The zero-order chi connectivity index (χ0) is 42.0. The maximum atomic E-state index is 2.60. The fourth-order valence-corrected chi connectivity index (χ4v) is 13.8. The summed E-state index contributed by atoms with van der Waals surface area (Å²) in [5, 5.41) is 2.65. The molecule has 1 spiro atoms. The first-order valence-electron chi connectivity index (χ1n) is 22.3. The molecule has 10 aromatic rings. The predicted molar refractivity (Wildman–Crippen MR) is 265 cm³/mol. The van der Waals surface area contributed by atoms with Crippen LogP contribution in [-0.2, 0) is 16.2 Å². The van der Waals surface area contributed by atoms with Crippen LogP contribution in [0.1, 0.15) is 72.2 Å². The van der Waals surface area contributed by atoms with Crippen molar-refractivity contribution in [3.8, 4) is 44.5 Å². The van der Waals surface area contributed by atoms with E-state index in [9.17, 15) is 0 Å². The molecule has 0 saturated heterocycles. The molecule has 298 valence electrons. The molecule has 0 unspecified atom stereocenters. The summed E-state index contributed by atoms with van der Waals surface area (Å²) in [6.45, 7) is 9.58. The Bertz CT molecular complexity index is 3500. The van der Waals surface area contributed by atoms with Gasteiger partial charge in [-0.3, -0.25) is 0 Å². The number of anilines is 3. The van der Waals surface area contributed by atoms with Crippen molar-refractivity contribution in [2.75, 3.05) is 4.90 Å². The highest BCUT2D eigenvalue weighted by Crippen LogP contribution is 2.66. The largest absolute Gasteiger partial charge is 0.310 e. The minimum absolute atomic E-state index is 0.145. The standard InChI is InChI=1S/C61H43NS/c1-59(2)47-21-10-5-16-38(47)42-30-28-36(32-52(42)59)62(37-29-31-43-39-17-6-11-22-48(39)60(3,4)53(43)33-37)55-26-15-25-51-58(55)46-34-45-44-20-9-14-27-56(44)63-57(45)35-54(46)61(51)49-23-12-7-18-40(49)41-19-8-13-24-50(41)61/h5-35H,1-4H3. The molecule has 0 atom stereocenters. The monoisotopic (exact) mass is 821 g/mol. The van der Waals surface area contributed by atoms with E-state index in [2.05, 4.69) is 221 Å². The number of hydrogen-bond donors (Lipinski definition) is 0. The summed E-state index contributed by atoms with van der Waals surface area (Å²) < 4.78 is 2.67. The van der Waals surface area contributed by atoms with Crippen molar-refractivity contribution in [3.05, 3.63) is 233 Å². The Labute approximate surface area is 372 Å². The van der Waals surface area contributed by atoms with E-state index in [0.29, 0.717) is 0 Å². The number of rotatable bonds is 3. The van der Waals surface area contributed by atoms with Gasteiger partial charge in [0.15, 0.2) is 0 Å². The lowest BCUT2D eigenvalue weighted by molar-refractivity contribution is 0.660. The molecule has 0 fully saturated rings. The first kappa shape index (κ1) is 35.6. The van der Waals surface area contributed by atoms with Crippen LogP contribution in [0.5, 0.6) is 0 Å². The normalized spacial score (nSPS) is 15.7. The third-order valence-electron chi connectivity index (χ3n) is 15.5. The van der Waals surface area contributed by atoms with Gasteiger partial charge in [-0.25, -0.2) is 0 Å².